The molecule has 3 heteroatoms. The van der Waals surface area contributed by atoms with Crippen molar-refractivity contribution in [3.63, 3.8) is 0 Å². The molecule has 1 amide bonds. The minimum atomic E-state index is -0.281. The Balaban J connectivity index is 3.59. The van der Waals surface area contributed by atoms with Crippen molar-refractivity contribution in [1.82, 2.24) is 0 Å². The molecule has 0 saturated carbocycles. The summed E-state index contributed by atoms with van der Waals surface area (Å²) in [6.07, 6.45) is 2.32. The summed E-state index contributed by atoms with van der Waals surface area (Å²) in [4.78, 5) is 10.5. The van der Waals surface area contributed by atoms with Crippen molar-refractivity contribution < 1.29 is 9.53 Å². The highest BCUT2D eigenvalue weighted by atomic mass is 16.5. The number of rotatable bonds is 6. The van der Waals surface area contributed by atoms with Gasteiger partial charge in [-0.3, -0.25) is 4.79 Å². The van der Waals surface area contributed by atoms with E-state index >= 15 is 0 Å². The van der Waals surface area contributed by atoms with Crippen molar-refractivity contribution in [1.29, 1.82) is 0 Å². The molecule has 66 valence electrons. The zero-order valence-corrected chi connectivity index (χ0v) is 7.30. The van der Waals surface area contributed by atoms with Gasteiger partial charge in [0, 0.05) is 6.61 Å². The number of hydrogen-bond acceptors (Lipinski definition) is 2. The second kappa shape index (κ2) is 6.16. The van der Waals surface area contributed by atoms with Crippen LogP contribution in [0, 0.1) is 0 Å². The van der Waals surface area contributed by atoms with Crippen LogP contribution in [-0.2, 0) is 9.53 Å². The molecule has 0 aromatic rings. The van der Waals surface area contributed by atoms with Gasteiger partial charge in [0.1, 0.15) is 0 Å². The third-order valence-corrected chi connectivity index (χ3v) is 1.44. The zero-order valence-electron chi connectivity index (χ0n) is 7.30. The molecule has 0 aromatic carbocycles. The van der Waals surface area contributed by atoms with Crippen molar-refractivity contribution in [2.45, 2.75) is 39.2 Å². The fourth-order valence-electron chi connectivity index (χ4n) is 1.03. The van der Waals surface area contributed by atoms with Crippen LogP contribution in [0.1, 0.15) is 33.1 Å². The normalized spacial score (nSPS) is 12.9. The van der Waals surface area contributed by atoms with Crippen LogP contribution < -0.4 is 5.73 Å². The minimum Gasteiger partial charge on any atom is -0.378 e. The first-order chi connectivity index (χ1) is 5.20. The quantitative estimate of drug-likeness (QED) is 0.630. The maximum atomic E-state index is 10.5. The van der Waals surface area contributed by atoms with Crippen LogP contribution in [0.3, 0.4) is 0 Å². The predicted molar refractivity (Wildman–Crippen MR) is 44.1 cm³/mol. The molecule has 3 nitrogen and oxygen atoms in total. The van der Waals surface area contributed by atoms with E-state index in [1.165, 1.54) is 0 Å². The molecule has 0 rings (SSSR count). The highest BCUT2D eigenvalue weighted by Gasteiger charge is 2.09. The van der Waals surface area contributed by atoms with Gasteiger partial charge in [0.2, 0.25) is 5.91 Å². The molecule has 0 aliphatic carbocycles. The van der Waals surface area contributed by atoms with Gasteiger partial charge in [-0.1, -0.05) is 13.3 Å². The Kier molecular flexibility index (Phi) is 5.84. The molecule has 0 bridgehead atoms. The zero-order chi connectivity index (χ0) is 8.69. The van der Waals surface area contributed by atoms with Crippen molar-refractivity contribution in [3.05, 3.63) is 0 Å². The molecule has 0 aromatic heterocycles. The van der Waals surface area contributed by atoms with Gasteiger partial charge < -0.3 is 10.5 Å². The van der Waals surface area contributed by atoms with Crippen molar-refractivity contribution in [3.8, 4) is 0 Å². The maximum Gasteiger partial charge on any atom is 0.220 e. The predicted octanol–water partition coefficient (Wildman–Crippen LogP) is 1.07. The summed E-state index contributed by atoms with van der Waals surface area (Å²) < 4.78 is 5.29. The van der Waals surface area contributed by atoms with Crippen LogP contribution in [0.2, 0.25) is 0 Å². The van der Waals surface area contributed by atoms with Crippen LogP contribution in [0.15, 0.2) is 0 Å². The Morgan fingerprint density at radius 1 is 1.55 bits per heavy atom. The lowest BCUT2D eigenvalue weighted by Gasteiger charge is -2.13. The summed E-state index contributed by atoms with van der Waals surface area (Å²) in [5, 5.41) is 0. The lowest BCUT2D eigenvalue weighted by Crippen LogP contribution is -2.22. The molecule has 1 unspecified atom stereocenters. The summed E-state index contributed by atoms with van der Waals surface area (Å²) >= 11 is 0. The summed E-state index contributed by atoms with van der Waals surface area (Å²) in [6, 6.07) is 0. The second-order valence-electron chi connectivity index (χ2n) is 2.54. The van der Waals surface area contributed by atoms with E-state index < -0.39 is 0 Å². The molecular weight excluding hydrogens is 142 g/mol. The molecule has 0 spiro atoms. The Labute approximate surface area is 67.9 Å². The van der Waals surface area contributed by atoms with Gasteiger partial charge in [-0.05, 0) is 13.3 Å². The van der Waals surface area contributed by atoms with Gasteiger partial charge in [0.25, 0.3) is 0 Å². The number of hydrogen-bond donors (Lipinski definition) is 1. The van der Waals surface area contributed by atoms with Crippen LogP contribution in [0.5, 0.6) is 0 Å². The fourth-order valence-corrected chi connectivity index (χ4v) is 1.03. The van der Waals surface area contributed by atoms with Gasteiger partial charge in [-0.25, -0.2) is 0 Å². The van der Waals surface area contributed by atoms with Crippen molar-refractivity contribution >= 4 is 5.91 Å². The Morgan fingerprint density at radius 2 is 2.18 bits per heavy atom. The molecule has 0 heterocycles. The SMILES string of the molecule is CCCC(CC(N)=O)OCC. The number of amides is 1. The third-order valence-electron chi connectivity index (χ3n) is 1.44. The highest BCUT2D eigenvalue weighted by molar-refractivity contribution is 5.74. The summed E-state index contributed by atoms with van der Waals surface area (Å²) in [5.74, 6) is -0.281. The van der Waals surface area contributed by atoms with Gasteiger partial charge in [0.05, 0.1) is 12.5 Å². The average Bonchev–Trinajstić information content (AvgIpc) is 1.87. The molecule has 2 N–H and O–H groups in total. The molecule has 11 heavy (non-hydrogen) atoms. The van der Waals surface area contributed by atoms with E-state index in [1.54, 1.807) is 0 Å². The molecule has 0 aliphatic heterocycles. The molecule has 1 atom stereocenters. The van der Waals surface area contributed by atoms with Crippen LogP contribution >= 0.6 is 0 Å². The Hall–Kier alpha value is -0.570. The van der Waals surface area contributed by atoms with E-state index in [9.17, 15) is 4.79 Å². The molecular formula is C8H17NO2. The fraction of sp³-hybridized carbons (Fsp3) is 0.875. The lowest BCUT2D eigenvalue weighted by atomic mass is 10.1. The van der Waals surface area contributed by atoms with Gasteiger partial charge in [0.15, 0.2) is 0 Å². The highest BCUT2D eigenvalue weighted by Crippen LogP contribution is 2.05. The number of nitrogens with two attached hydrogens (primary N) is 1. The van der Waals surface area contributed by atoms with E-state index in [0.29, 0.717) is 13.0 Å². The number of carbonyl (C=O) groups excluding carboxylic acids is 1. The largest absolute Gasteiger partial charge is 0.378 e. The Morgan fingerprint density at radius 3 is 2.55 bits per heavy atom. The van der Waals surface area contributed by atoms with Gasteiger partial charge >= 0.3 is 0 Å². The van der Waals surface area contributed by atoms with E-state index in [4.69, 9.17) is 10.5 Å². The first kappa shape index (κ1) is 10.4. The van der Waals surface area contributed by atoms with Crippen LogP contribution in [-0.4, -0.2) is 18.6 Å². The molecule has 0 radical (unpaired) electrons. The lowest BCUT2D eigenvalue weighted by molar-refractivity contribution is -0.120. The number of carbonyl (C=O) groups is 1. The smallest absolute Gasteiger partial charge is 0.220 e. The van der Waals surface area contributed by atoms with E-state index in [-0.39, 0.29) is 12.0 Å². The first-order valence-electron chi connectivity index (χ1n) is 4.10. The van der Waals surface area contributed by atoms with E-state index in [1.807, 2.05) is 6.92 Å². The van der Waals surface area contributed by atoms with Crippen molar-refractivity contribution in [2.75, 3.05) is 6.61 Å². The average molecular weight is 159 g/mol. The molecule has 0 saturated heterocycles. The van der Waals surface area contributed by atoms with E-state index in [2.05, 4.69) is 6.92 Å². The third kappa shape index (κ3) is 5.85. The number of ether oxygens (including phenoxy) is 1. The summed E-state index contributed by atoms with van der Waals surface area (Å²) in [6.45, 7) is 4.63. The Bertz CT molecular complexity index is 109. The van der Waals surface area contributed by atoms with E-state index in [0.717, 1.165) is 12.8 Å². The topological polar surface area (TPSA) is 52.3 Å². The first-order valence-corrected chi connectivity index (χ1v) is 4.10. The van der Waals surface area contributed by atoms with Gasteiger partial charge in [-0.2, -0.15) is 0 Å². The summed E-state index contributed by atoms with van der Waals surface area (Å²) in [7, 11) is 0. The molecule has 0 fully saturated rings. The molecule has 0 aliphatic rings. The standard InChI is InChI=1S/C8H17NO2/c1-3-5-7(11-4-2)6-8(9)10/h7H,3-6H2,1-2H3,(H2,9,10). The van der Waals surface area contributed by atoms with Crippen molar-refractivity contribution in [2.24, 2.45) is 5.73 Å². The van der Waals surface area contributed by atoms with Crippen LogP contribution in [0.25, 0.3) is 0 Å². The second-order valence-corrected chi connectivity index (χ2v) is 2.54. The number of primary amides is 1. The maximum absolute atomic E-state index is 10.5. The van der Waals surface area contributed by atoms with Gasteiger partial charge in [-0.15, -0.1) is 0 Å². The summed E-state index contributed by atoms with van der Waals surface area (Å²) in [5.41, 5.74) is 5.03. The monoisotopic (exact) mass is 159 g/mol. The van der Waals surface area contributed by atoms with Crippen LogP contribution in [0.4, 0.5) is 0 Å². The minimum absolute atomic E-state index is 0.0301.